The second kappa shape index (κ2) is 20.3. The molecule has 7 aromatic carbocycles. The lowest BCUT2D eigenvalue weighted by molar-refractivity contribution is 0.680. The van der Waals surface area contributed by atoms with Crippen molar-refractivity contribution in [2.45, 2.75) is 72.6 Å². The molecule has 0 radical (unpaired) electrons. The van der Waals surface area contributed by atoms with E-state index in [2.05, 4.69) is 236 Å². The van der Waals surface area contributed by atoms with Crippen molar-refractivity contribution in [2.75, 3.05) is 0 Å². The van der Waals surface area contributed by atoms with E-state index in [-0.39, 0.29) is 0 Å². The van der Waals surface area contributed by atoms with Crippen molar-refractivity contribution >= 4 is 24.3 Å². The molecule has 0 bridgehead atoms. The minimum atomic E-state index is 0.417. The molecule has 0 aliphatic heterocycles. The molecule has 57 heavy (non-hydrogen) atoms. The van der Waals surface area contributed by atoms with E-state index in [1.165, 1.54) is 77.9 Å². The molecular weight excluding hydrogens is 685 g/mol. The second-order valence-electron chi connectivity index (χ2n) is 16.0. The lowest BCUT2D eigenvalue weighted by atomic mass is 9.86. The molecule has 7 rings (SSSR count). The first-order valence-electron chi connectivity index (χ1n) is 20.5. The molecule has 0 heteroatoms. The van der Waals surface area contributed by atoms with E-state index in [9.17, 15) is 0 Å². The van der Waals surface area contributed by atoms with Crippen LogP contribution in [0.25, 0.3) is 24.3 Å². The predicted molar refractivity (Wildman–Crippen MR) is 249 cm³/mol. The maximum absolute atomic E-state index is 2.32. The first-order valence-corrected chi connectivity index (χ1v) is 20.5. The van der Waals surface area contributed by atoms with Crippen molar-refractivity contribution in [1.82, 2.24) is 0 Å². The monoisotopic (exact) mass is 742 g/mol. The largest absolute Gasteiger partial charge is 0.0616 e. The number of aryl methyl sites for hydroxylation is 5. The Balaban J connectivity index is 0.000000612. The second-order valence-corrected chi connectivity index (χ2v) is 16.0. The average molecular weight is 743 g/mol. The molecule has 0 N–H and O–H groups in total. The lowest BCUT2D eigenvalue weighted by Crippen LogP contribution is -2.07. The molecule has 0 fully saturated rings. The average Bonchev–Trinajstić information content (AvgIpc) is 3.23. The van der Waals surface area contributed by atoms with Crippen LogP contribution in [0.2, 0.25) is 0 Å². The normalized spacial score (nSPS) is 11.8. The maximum Gasteiger partial charge on any atom is -0.00810 e. The van der Waals surface area contributed by atoms with Gasteiger partial charge in [0.05, 0.1) is 0 Å². The van der Waals surface area contributed by atoms with Gasteiger partial charge in [-0.1, -0.05) is 229 Å². The van der Waals surface area contributed by atoms with Crippen molar-refractivity contribution in [3.05, 3.63) is 248 Å². The summed E-state index contributed by atoms with van der Waals surface area (Å²) in [7, 11) is 0. The van der Waals surface area contributed by atoms with Gasteiger partial charge in [-0.05, 0) is 116 Å². The standard InChI is InChI=1S/C49H48.C8H10/c1-36-9-15-43(16-10-36)34-49(35-44-17-11-37(2)12-18-44)48-31-25-41(26-32-48)24-30-47-8-6-5-7-46(47)29-23-40-19-21-42(22-20-40)33-39(4)45-27-13-38(3)14-28-45;1-7-3-5-8(2)6-4-7/h5-32,39,49H,33-35H2,1-4H3;3-6H,1-2H3/b29-23+,30-24+;. The van der Waals surface area contributed by atoms with Gasteiger partial charge >= 0.3 is 0 Å². The van der Waals surface area contributed by atoms with E-state index in [1.807, 2.05) is 0 Å². The smallest absolute Gasteiger partial charge is 0.00810 e. The van der Waals surface area contributed by atoms with Crippen LogP contribution in [0, 0.1) is 34.6 Å². The first-order chi connectivity index (χ1) is 27.7. The fourth-order valence-electron chi connectivity index (χ4n) is 7.16. The number of rotatable bonds is 12. The Bertz CT molecular complexity index is 2250. The van der Waals surface area contributed by atoms with Gasteiger partial charge < -0.3 is 0 Å². The Morgan fingerprint density at radius 1 is 0.333 bits per heavy atom. The lowest BCUT2D eigenvalue weighted by Gasteiger charge is -2.19. The third-order valence-electron chi connectivity index (χ3n) is 10.9. The van der Waals surface area contributed by atoms with Crippen LogP contribution >= 0.6 is 0 Å². The number of hydrogen-bond acceptors (Lipinski definition) is 0. The van der Waals surface area contributed by atoms with Gasteiger partial charge in [-0.3, -0.25) is 0 Å². The Labute approximate surface area is 343 Å². The zero-order chi connectivity index (χ0) is 40.0. The molecule has 0 nitrogen and oxygen atoms in total. The topological polar surface area (TPSA) is 0 Å². The van der Waals surface area contributed by atoms with Crippen LogP contribution in [0.1, 0.15) is 96.6 Å². The van der Waals surface area contributed by atoms with Crippen LogP contribution in [-0.4, -0.2) is 0 Å². The van der Waals surface area contributed by atoms with Gasteiger partial charge in [0.25, 0.3) is 0 Å². The van der Waals surface area contributed by atoms with Crippen molar-refractivity contribution < 1.29 is 0 Å². The molecule has 0 aliphatic rings. The molecule has 0 amide bonds. The molecule has 286 valence electrons. The molecule has 1 unspecified atom stereocenters. The third kappa shape index (κ3) is 12.8. The first kappa shape index (κ1) is 40.7. The van der Waals surface area contributed by atoms with Gasteiger partial charge in [-0.25, -0.2) is 0 Å². The summed E-state index contributed by atoms with van der Waals surface area (Å²) in [6, 6.07) is 62.3. The van der Waals surface area contributed by atoms with E-state index < -0.39 is 0 Å². The van der Waals surface area contributed by atoms with Gasteiger partial charge in [-0.2, -0.15) is 0 Å². The minimum absolute atomic E-state index is 0.417. The van der Waals surface area contributed by atoms with Crippen molar-refractivity contribution in [2.24, 2.45) is 0 Å². The fourth-order valence-corrected chi connectivity index (χ4v) is 7.16. The molecule has 0 saturated heterocycles. The highest BCUT2D eigenvalue weighted by Gasteiger charge is 2.14. The molecule has 0 aromatic heterocycles. The quantitative estimate of drug-likeness (QED) is 0.109. The van der Waals surface area contributed by atoms with E-state index in [4.69, 9.17) is 0 Å². The Morgan fingerprint density at radius 2 is 0.649 bits per heavy atom. The van der Waals surface area contributed by atoms with Crippen LogP contribution in [-0.2, 0) is 19.3 Å². The highest BCUT2D eigenvalue weighted by molar-refractivity contribution is 5.79. The zero-order valence-electron chi connectivity index (χ0n) is 34.8. The summed E-state index contributed by atoms with van der Waals surface area (Å²) in [5, 5.41) is 0. The summed E-state index contributed by atoms with van der Waals surface area (Å²) in [6.07, 6.45) is 12.0. The van der Waals surface area contributed by atoms with E-state index >= 15 is 0 Å². The summed E-state index contributed by atoms with van der Waals surface area (Å²) >= 11 is 0. The summed E-state index contributed by atoms with van der Waals surface area (Å²) in [5.74, 6) is 0.913. The van der Waals surface area contributed by atoms with Gasteiger partial charge in [0.1, 0.15) is 0 Å². The highest BCUT2D eigenvalue weighted by Crippen LogP contribution is 2.27. The molecule has 7 aromatic rings. The van der Waals surface area contributed by atoms with Crippen molar-refractivity contribution in [3.63, 3.8) is 0 Å². The molecule has 0 saturated carbocycles. The fraction of sp³-hybridized carbons (Fsp3) is 0.193. The van der Waals surface area contributed by atoms with Gasteiger partial charge in [0.2, 0.25) is 0 Å². The molecule has 0 aliphatic carbocycles. The Morgan fingerprint density at radius 3 is 1.07 bits per heavy atom. The van der Waals surface area contributed by atoms with E-state index in [0.29, 0.717) is 11.8 Å². The summed E-state index contributed by atoms with van der Waals surface area (Å²) in [4.78, 5) is 0. The SMILES string of the molecule is Cc1ccc(C)cc1.Cc1ccc(CC(Cc2ccc(C)cc2)c2ccc(/C=C/c3ccccc3/C=C/c3ccc(CC(C)c4ccc(C)cc4)cc3)cc2)cc1. The predicted octanol–water partition coefficient (Wildman–Crippen LogP) is 15.2. The van der Waals surface area contributed by atoms with Crippen LogP contribution in [0.4, 0.5) is 0 Å². The van der Waals surface area contributed by atoms with E-state index in [1.54, 1.807) is 0 Å². The summed E-state index contributed by atoms with van der Waals surface area (Å²) < 4.78 is 0. The van der Waals surface area contributed by atoms with Gasteiger partial charge in [0, 0.05) is 0 Å². The van der Waals surface area contributed by atoms with Crippen molar-refractivity contribution in [3.8, 4) is 0 Å². The molecular formula is C57H58. The minimum Gasteiger partial charge on any atom is -0.0616 e. The van der Waals surface area contributed by atoms with Crippen molar-refractivity contribution in [1.29, 1.82) is 0 Å². The van der Waals surface area contributed by atoms with Gasteiger partial charge in [-0.15, -0.1) is 0 Å². The Hall–Kier alpha value is -5.98. The Kier molecular flexibility index (Phi) is 14.5. The molecule has 1 atom stereocenters. The summed E-state index contributed by atoms with van der Waals surface area (Å²) in [6.45, 7) is 13.0. The highest BCUT2D eigenvalue weighted by atomic mass is 14.2. The van der Waals surface area contributed by atoms with Crippen LogP contribution in [0.3, 0.4) is 0 Å². The summed E-state index contributed by atoms with van der Waals surface area (Å²) in [5.41, 5.74) is 18.4. The zero-order valence-corrected chi connectivity index (χ0v) is 34.8. The van der Waals surface area contributed by atoms with E-state index in [0.717, 1.165) is 19.3 Å². The van der Waals surface area contributed by atoms with Gasteiger partial charge in [0.15, 0.2) is 0 Å². The number of benzene rings is 7. The van der Waals surface area contributed by atoms with Crippen LogP contribution in [0.15, 0.2) is 170 Å². The molecule has 0 spiro atoms. The third-order valence-corrected chi connectivity index (χ3v) is 10.9. The van der Waals surface area contributed by atoms with Crippen LogP contribution in [0.5, 0.6) is 0 Å². The molecule has 0 heterocycles. The number of hydrogen-bond donors (Lipinski definition) is 0. The van der Waals surface area contributed by atoms with Crippen LogP contribution < -0.4 is 0 Å². The maximum atomic E-state index is 2.32.